The number of alkyl halides is 3. The summed E-state index contributed by atoms with van der Waals surface area (Å²) in [6.07, 6.45) is -4.72. The summed E-state index contributed by atoms with van der Waals surface area (Å²) in [5.74, 6) is 0.749. The van der Waals surface area contributed by atoms with Crippen molar-refractivity contribution in [3.8, 4) is 0 Å². The molecule has 2 aromatic carbocycles. The van der Waals surface area contributed by atoms with E-state index < -0.39 is 26.7 Å². The average Bonchev–Trinajstić information content (AvgIpc) is 2.89. The summed E-state index contributed by atoms with van der Waals surface area (Å²) in [6.45, 7) is 2.40. The fourth-order valence-electron chi connectivity index (χ4n) is 2.87. The largest absolute Gasteiger partial charge is 0.418 e. The summed E-state index contributed by atoms with van der Waals surface area (Å²) < 4.78 is 64.5. The van der Waals surface area contributed by atoms with Gasteiger partial charge in [0.1, 0.15) is 5.82 Å². The number of anilines is 1. The maximum absolute atomic E-state index is 13.3. The van der Waals surface area contributed by atoms with Gasteiger partial charge in [0.2, 0.25) is 10.0 Å². The van der Waals surface area contributed by atoms with Gasteiger partial charge in [-0.2, -0.15) is 13.2 Å². The molecule has 0 saturated heterocycles. The third kappa shape index (κ3) is 4.06. The normalized spacial score (nSPS) is 12.5. The van der Waals surface area contributed by atoms with Crippen LogP contribution in [0.25, 0.3) is 11.0 Å². The zero-order valence-electron chi connectivity index (χ0n) is 14.3. The van der Waals surface area contributed by atoms with Crippen LogP contribution in [0.2, 0.25) is 0 Å². The molecule has 1 heterocycles. The Morgan fingerprint density at radius 3 is 2.56 bits per heavy atom. The Kier molecular flexibility index (Phi) is 4.87. The molecule has 144 valence electrons. The van der Waals surface area contributed by atoms with Crippen LogP contribution in [0.3, 0.4) is 0 Å². The van der Waals surface area contributed by atoms with Gasteiger partial charge in [-0.05, 0) is 37.3 Å². The molecule has 0 bridgehead atoms. The van der Waals surface area contributed by atoms with E-state index in [4.69, 9.17) is 5.14 Å². The van der Waals surface area contributed by atoms with E-state index >= 15 is 0 Å². The van der Waals surface area contributed by atoms with Crippen LogP contribution < -0.4 is 10.5 Å². The van der Waals surface area contributed by atoms with Crippen molar-refractivity contribution in [3.63, 3.8) is 0 Å². The number of hydrogen-bond donors (Lipinski definition) is 2. The second-order valence-corrected chi connectivity index (χ2v) is 7.54. The SMILES string of the molecule is Cc1nc2ccccc2n1CCNc1ccc(S(N)(=O)=O)cc1C(F)(F)F. The molecule has 27 heavy (non-hydrogen) atoms. The topological polar surface area (TPSA) is 90.0 Å². The molecule has 0 aliphatic heterocycles. The standard InChI is InChI=1S/C17H17F3N4O2S/c1-11-23-15-4-2-3-5-16(15)24(11)9-8-22-14-7-6-12(27(21,25)26)10-13(14)17(18,19)20/h2-7,10,22H,8-9H2,1H3,(H2,21,25,26). The minimum atomic E-state index is -4.72. The van der Waals surface area contributed by atoms with Gasteiger partial charge in [0.25, 0.3) is 0 Å². The quantitative estimate of drug-likeness (QED) is 0.691. The number of sulfonamides is 1. The highest BCUT2D eigenvalue weighted by atomic mass is 32.2. The van der Waals surface area contributed by atoms with Crippen molar-refractivity contribution < 1.29 is 21.6 Å². The second-order valence-electron chi connectivity index (χ2n) is 5.98. The Balaban J connectivity index is 1.84. The number of nitrogens with zero attached hydrogens (tertiary/aromatic N) is 2. The van der Waals surface area contributed by atoms with Gasteiger partial charge < -0.3 is 9.88 Å². The van der Waals surface area contributed by atoms with E-state index in [0.29, 0.717) is 12.6 Å². The van der Waals surface area contributed by atoms with Gasteiger partial charge in [0, 0.05) is 18.8 Å². The molecule has 0 aliphatic carbocycles. The number of nitrogens with one attached hydrogen (secondary N) is 1. The van der Waals surface area contributed by atoms with E-state index in [1.54, 1.807) is 0 Å². The predicted octanol–water partition coefficient (Wildman–Crippen LogP) is 3.12. The molecule has 0 amide bonds. The van der Waals surface area contributed by atoms with Gasteiger partial charge in [-0.25, -0.2) is 18.5 Å². The van der Waals surface area contributed by atoms with Crippen molar-refractivity contribution in [2.45, 2.75) is 24.5 Å². The van der Waals surface area contributed by atoms with Crippen LogP contribution in [0.5, 0.6) is 0 Å². The molecule has 0 saturated carbocycles. The highest BCUT2D eigenvalue weighted by Gasteiger charge is 2.34. The Morgan fingerprint density at radius 2 is 1.89 bits per heavy atom. The Morgan fingerprint density at radius 1 is 1.19 bits per heavy atom. The molecule has 0 spiro atoms. The lowest BCUT2D eigenvalue weighted by molar-refractivity contribution is -0.137. The zero-order valence-corrected chi connectivity index (χ0v) is 15.1. The first-order valence-corrected chi connectivity index (χ1v) is 9.52. The number of primary sulfonamides is 1. The van der Waals surface area contributed by atoms with Crippen LogP contribution in [-0.2, 0) is 22.7 Å². The molecule has 3 aromatic rings. The zero-order chi connectivity index (χ0) is 19.8. The molecule has 6 nitrogen and oxygen atoms in total. The van der Waals surface area contributed by atoms with Crippen LogP contribution in [0.4, 0.5) is 18.9 Å². The smallest absolute Gasteiger partial charge is 0.383 e. The lowest BCUT2D eigenvalue weighted by atomic mass is 10.1. The molecule has 3 N–H and O–H groups in total. The third-order valence-corrected chi connectivity index (χ3v) is 5.03. The number of hydrogen-bond acceptors (Lipinski definition) is 4. The van der Waals surface area contributed by atoms with E-state index in [1.807, 2.05) is 35.8 Å². The number of imidazole rings is 1. The van der Waals surface area contributed by atoms with Gasteiger partial charge in [0.05, 0.1) is 21.5 Å². The highest BCUT2D eigenvalue weighted by Crippen LogP contribution is 2.36. The van der Waals surface area contributed by atoms with Crippen molar-refractivity contribution in [1.82, 2.24) is 9.55 Å². The number of benzene rings is 2. The fourth-order valence-corrected chi connectivity index (χ4v) is 3.41. The Labute approximate surface area is 153 Å². The first-order valence-electron chi connectivity index (χ1n) is 7.97. The Hall–Kier alpha value is -2.59. The number of fused-ring (bicyclic) bond motifs is 1. The lowest BCUT2D eigenvalue weighted by Gasteiger charge is -2.16. The van der Waals surface area contributed by atoms with E-state index in [9.17, 15) is 21.6 Å². The first-order chi connectivity index (χ1) is 12.6. The van der Waals surface area contributed by atoms with Crippen LogP contribution in [0.15, 0.2) is 47.4 Å². The van der Waals surface area contributed by atoms with Gasteiger partial charge in [0.15, 0.2) is 0 Å². The molecule has 0 atom stereocenters. The molecule has 3 rings (SSSR count). The summed E-state index contributed by atoms with van der Waals surface area (Å²) >= 11 is 0. The maximum Gasteiger partial charge on any atom is 0.418 e. The van der Waals surface area contributed by atoms with E-state index in [0.717, 1.165) is 29.0 Å². The third-order valence-electron chi connectivity index (χ3n) is 4.12. The minimum absolute atomic E-state index is 0.193. The van der Waals surface area contributed by atoms with Crippen LogP contribution in [-0.4, -0.2) is 24.5 Å². The summed E-state index contributed by atoms with van der Waals surface area (Å²) in [4.78, 5) is 3.82. The number of para-hydroxylation sites is 2. The molecular weight excluding hydrogens is 381 g/mol. The van der Waals surface area contributed by atoms with Crippen molar-refractivity contribution in [2.24, 2.45) is 5.14 Å². The maximum atomic E-state index is 13.3. The van der Waals surface area contributed by atoms with Crippen molar-refractivity contribution >= 4 is 26.7 Å². The fraction of sp³-hybridized carbons (Fsp3) is 0.235. The molecule has 1 aromatic heterocycles. The lowest BCUT2D eigenvalue weighted by Crippen LogP contribution is -2.18. The number of nitrogens with two attached hydrogens (primary N) is 1. The summed E-state index contributed by atoms with van der Waals surface area (Å²) in [6, 6.07) is 10.1. The minimum Gasteiger partial charge on any atom is -0.383 e. The molecular formula is C17H17F3N4O2S. The Bertz CT molecular complexity index is 1090. The van der Waals surface area contributed by atoms with Gasteiger partial charge in [-0.3, -0.25) is 0 Å². The summed E-state index contributed by atoms with van der Waals surface area (Å²) in [7, 11) is -4.23. The van der Waals surface area contributed by atoms with Crippen molar-refractivity contribution in [1.29, 1.82) is 0 Å². The molecule has 0 unspecified atom stereocenters. The van der Waals surface area contributed by atoms with E-state index in [1.165, 1.54) is 0 Å². The average molecular weight is 398 g/mol. The van der Waals surface area contributed by atoms with Crippen molar-refractivity contribution in [3.05, 3.63) is 53.9 Å². The highest BCUT2D eigenvalue weighted by molar-refractivity contribution is 7.89. The van der Waals surface area contributed by atoms with Gasteiger partial charge in [-0.1, -0.05) is 12.1 Å². The molecule has 10 heteroatoms. The number of aryl methyl sites for hydroxylation is 1. The molecule has 0 radical (unpaired) electrons. The predicted molar refractivity (Wildman–Crippen MR) is 95.8 cm³/mol. The molecule has 0 fully saturated rings. The van der Waals surface area contributed by atoms with Crippen molar-refractivity contribution in [2.75, 3.05) is 11.9 Å². The van der Waals surface area contributed by atoms with E-state index in [-0.39, 0.29) is 12.2 Å². The van der Waals surface area contributed by atoms with Crippen LogP contribution in [0, 0.1) is 6.92 Å². The van der Waals surface area contributed by atoms with Gasteiger partial charge >= 0.3 is 6.18 Å². The summed E-state index contributed by atoms with van der Waals surface area (Å²) in [5.41, 5.74) is 0.402. The van der Waals surface area contributed by atoms with E-state index in [2.05, 4.69) is 10.3 Å². The summed E-state index contributed by atoms with van der Waals surface area (Å²) in [5, 5.41) is 7.65. The monoisotopic (exact) mass is 398 g/mol. The number of halogens is 3. The second kappa shape index (κ2) is 6.86. The number of rotatable bonds is 5. The van der Waals surface area contributed by atoms with Gasteiger partial charge in [-0.15, -0.1) is 0 Å². The van der Waals surface area contributed by atoms with Crippen LogP contribution >= 0.6 is 0 Å². The first kappa shape index (κ1) is 19.2. The molecule has 0 aliphatic rings. The number of aromatic nitrogens is 2. The van der Waals surface area contributed by atoms with Crippen LogP contribution in [0.1, 0.15) is 11.4 Å².